The Bertz CT molecular complexity index is 529. The highest BCUT2D eigenvalue weighted by Crippen LogP contribution is 2.20. The lowest BCUT2D eigenvalue weighted by atomic mass is 10.1. The van der Waals surface area contributed by atoms with Gasteiger partial charge in [-0.25, -0.2) is 5.48 Å². The number of benzene rings is 2. The highest BCUT2D eigenvalue weighted by Gasteiger charge is 1.97. The lowest BCUT2D eigenvalue weighted by molar-refractivity contribution is 0.164. The molecule has 0 heterocycles. The van der Waals surface area contributed by atoms with Gasteiger partial charge in [0.25, 0.3) is 0 Å². The molecular weight excluding hydrogens is 288 g/mol. The highest BCUT2D eigenvalue weighted by atomic mass is 16.5. The Hall–Kier alpha value is -2.04. The van der Waals surface area contributed by atoms with E-state index in [4.69, 9.17) is 9.94 Å². The first-order chi connectivity index (χ1) is 11.4. The van der Waals surface area contributed by atoms with Crippen LogP contribution in [0.3, 0.4) is 0 Å². The van der Waals surface area contributed by atoms with Crippen LogP contribution in [0.5, 0.6) is 5.75 Å². The van der Waals surface area contributed by atoms with E-state index in [2.05, 4.69) is 10.8 Å². The van der Waals surface area contributed by atoms with Crippen molar-refractivity contribution in [3.63, 3.8) is 0 Å². The first-order valence-electron chi connectivity index (χ1n) is 8.30. The second-order valence-corrected chi connectivity index (χ2v) is 5.54. The molecule has 4 heteroatoms. The van der Waals surface area contributed by atoms with Crippen molar-refractivity contribution in [1.29, 1.82) is 0 Å². The topological polar surface area (TPSA) is 53.5 Å². The summed E-state index contributed by atoms with van der Waals surface area (Å²) in [4.78, 5) is 0. The van der Waals surface area contributed by atoms with Crippen molar-refractivity contribution in [2.45, 2.75) is 32.1 Å². The maximum Gasteiger partial charge on any atom is 0.119 e. The van der Waals surface area contributed by atoms with Crippen LogP contribution in [0.15, 0.2) is 54.6 Å². The average molecular weight is 314 g/mol. The third kappa shape index (κ3) is 7.17. The van der Waals surface area contributed by atoms with Crippen LogP contribution in [-0.2, 0) is 0 Å². The molecule has 23 heavy (non-hydrogen) atoms. The summed E-state index contributed by atoms with van der Waals surface area (Å²) in [5, 5.41) is 11.8. The lowest BCUT2D eigenvalue weighted by Crippen LogP contribution is -2.08. The van der Waals surface area contributed by atoms with E-state index < -0.39 is 0 Å². The number of ether oxygens (including phenoxy) is 1. The Morgan fingerprint density at radius 2 is 1.39 bits per heavy atom. The zero-order chi connectivity index (χ0) is 16.2. The normalized spacial score (nSPS) is 10.5. The predicted octanol–water partition coefficient (Wildman–Crippen LogP) is 4.74. The summed E-state index contributed by atoms with van der Waals surface area (Å²) in [6, 6.07) is 18.2. The number of nitrogens with one attached hydrogen (secondary N) is 2. The Morgan fingerprint density at radius 1 is 0.739 bits per heavy atom. The van der Waals surface area contributed by atoms with E-state index in [1.165, 1.54) is 12.8 Å². The van der Waals surface area contributed by atoms with Crippen LogP contribution in [-0.4, -0.2) is 18.4 Å². The van der Waals surface area contributed by atoms with Gasteiger partial charge in [0.05, 0.1) is 6.61 Å². The van der Waals surface area contributed by atoms with E-state index in [1.807, 2.05) is 54.6 Å². The van der Waals surface area contributed by atoms with E-state index in [0.29, 0.717) is 6.54 Å². The van der Waals surface area contributed by atoms with Crippen LogP contribution in [0.2, 0.25) is 0 Å². The van der Waals surface area contributed by atoms with Gasteiger partial charge in [-0.2, -0.15) is 0 Å². The van der Waals surface area contributed by atoms with Crippen molar-refractivity contribution in [3.05, 3.63) is 54.6 Å². The van der Waals surface area contributed by atoms with Gasteiger partial charge in [-0.3, -0.25) is 0 Å². The molecule has 0 aromatic heterocycles. The number of hydrogen-bond donors (Lipinski definition) is 3. The number of hydrogen-bond acceptors (Lipinski definition) is 4. The van der Waals surface area contributed by atoms with Crippen molar-refractivity contribution in [2.75, 3.05) is 18.5 Å². The van der Waals surface area contributed by atoms with Crippen LogP contribution in [0, 0.1) is 0 Å². The smallest absolute Gasteiger partial charge is 0.119 e. The third-order valence-corrected chi connectivity index (χ3v) is 3.62. The van der Waals surface area contributed by atoms with Crippen molar-refractivity contribution >= 4 is 11.4 Å². The molecule has 0 amide bonds. The fraction of sp³-hybridized carbons (Fsp3) is 0.368. The first-order valence-corrected chi connectivity index (χ1v) is 8.30. The Labute approximate surface area is 138 Å². The SMILES string of the molecule is ONCCCCCCCOc1ccc(Nc2ccccc2)cc1. The minimum atomic E-state index is 0.680. The van der Waals surface area contributed by atoms with Gasteiger partial charge in [-0.05, 0) is 49.2 Å². The molecule has 2 rings (SSSR count). The maximum atomic E-state index is 8.46. The monoisotopic (exact) mass is 314 g/mol. The Kier molecular flexibility index (Phi) is 8.02. The molecule has 0 aliphatic rings. The summed E-state index contributed by atoms with van der Waals surface area (Å²) >= 11 is 0. The van der Waals surface area contributed by atoms with Gasteiger partial charge in [0, 0.05) is 17.9 Å². The molecule has 0 saturated heterocycles. The second-order valence-electron chi connectivity index (χ2n) is 5.54. The molecule has 3 N–H and O–H groups in total. The van der Waals surface area contributed by atoms with Crippen LogP contribution < -0.4 is 15.5 Å². The van der Waals surface area contributed by atoms with E-state index in [9.17, 15) is 0 Å². The quantitative estimate of drug-likeness (QED) is 0.414. The molecule has 0 fully saturated rings. The van der Waals surface area contributed by atoms with Gasteiger partial charge in [0.15, 0.2) is 0 Å². The number of unbranched alkanes of at least 4 members (excludes halogenated alkanes) is 4. The minimum Gasteiger partial charge on any atom is -0.494 e. The molecule has 2 aromatic carbocycles. The van der Waals surface area contributed by atoms with Gasteiger partial charge in [0.2, 0.25) is 0 Å². The number of rotatable bonds is 11. The Balaban J connectivity index is 1.61. The lowest BCUT2D eigenvalue weighted by Gasteiger charge is -2.09. The summed E-state index contributed by atoms with van der Waals surface area (Å²) in [7, 11) is 0. The van der Waals surface area contributed by atoms with Gasteiger partial charge in [0.1, 0.15) is 5.75 Å². The van der Waals surface area contributed by atoms with Crippen molar-refractivity contribution in [1.82, 2.24) is 5.48 Å². The maximum absolute atomic E-state index is 8.46. The van der Waals surface area contributed by atoms with Crippen LogP contribution >= 0.6 is 0 Å². The Morgan fingerprint density at radius 3 is 2.13 bits per heavy atom. The second kappa shape index (κ2) is 10.6. The van der Waals surface area contributed by atoms with E-state index in [0.717, 1.165) is 43.0 Å². The van der Waals surface area contributed by atoms with Crippen molar-refractivity contribution in [3.8, 4) is 5.75 Å². The first kappa shape index (κ1) is 17.3. The standard InChI is InChI=1S/C19H26N2O2/c22-20-15-7-2-1-3-8-16-23-19-13-11-18(12-14-19)21-17-9-5-4-6-10-17/h4-6,9-14,20-22H,1-3,7-8,15-16H2. The van der Waals surface area contributed by atoms with Crippen LogP contribution in [0.25, 0.3) is 0 Å². The number of anilines is 2. The summed E-state index contributed by atoms with van der Waals surface area (Å²) in [5.41, 5.74) is 4.32. The zero-order valence-electron chi connectivity index (χ0n) is 13.5. The third-order valence-electron chi connectivity index (χ3n) is 3.62. The molecule has 0 radical (unpaired) electrons. The fourth-order valence-corrected chi connectivity index (χ4v) is 2.35. The summed E-state index contributed by atoms with van der Waals surface area (Å²) in [6.07, 6.45) is 5.58. The fourth-order valence-electron chi connectivity index (χ4n) is 2.35. The largest absolute Gasteiger partial charge is 0.494 e. The number of hydroxylamine groups is 1. The summed E-state index contributed by atoms with van der Waals surface area (Å²) in [5.74, 6) is 0.910. The number of para-hydroxylation sites is 1. The van der Waals surface area contributed by atoms with Gasteiger partial charge in [-0.15, -0.1) is 0 Å². The van der Waals surface area contributed by atoms with E-state index >= 15 is 0 Å². The summed E-state index contributed by atoms with van der Waals surface area (Å²) < 4.78 is 5.76. The molecule has 0 spiro atoms. The molecule has 0 atom stereocenters. The predicted molar refractivity (Wildman–Crippen MR) is 94.5 cm³/mol. The van der Waals surface area contributed by atoms with Crippen molar-refractivity contribution < 1.29 is 9.94 Å². The van der Waals surface area contributed by atoms with E-state index in [1.54, 1.807) is 0 Å². The minimum absolute atomic E-state index is 0.680. The van der Waals surface area contributed by atoms with Crippen molar-refractivity contribution in [2.24, 2.45) is 0 Å². The van der Waals surface area contributed by atoms with Crippen LogP contribution in [0.4, 0.5) is 11.4 Å². The van der Waals surface area contributed by atoms with E-state index in [-0.39, 0.29) is 0 Å². The molecule has 124 valence electrons. The average Bonchev–Trinajstić information content (AvgIpc) is 2.60. The van der Waals surface area contributed by atoms with Gasteiger partial charge < -0.3 is 15.3 Å². The molecule has 0 unspecified atom stereocenters. The molecule has 0 bridgehead atoms. The molecule has 4 nitrogen and oxygen atoms in total. The molecule has 0 aliphatic heterocycles. The van der Waals surface area contributed by atoms with Gasteiger partial charge >= 0.3 is 0 Å². The molecule has 0 aliphatic carbocycles. The highest BCUT2D eigenvalue weighted by molar-refractivity contribution is 5.59. The zero-order valence-corrected chi connectivity index (χ0v) is 13.5. The van der Waals surface area contributed by atoms with Crippen LogP contribution in [0.1, 0.15) is 32.1 Å². The molecular formula is C19H26N2O2. The molecule has 0 saturated carbocycles. The van der Waals surface area contributed by atoms with Gasteiger partial charge in [-0.1, -0.05) is 37.5 Å². The summed E-state index contributed by atoms with van der Waals surface area (Å²) in [6.45, 7) is 1.43. The molecule has 2 aromatic rings.